The topological polar surface area (TPSA) is 169 Å². The molecule has 1 fully saturated rings. The van der Waals surface area contributed by atoms with E-state index in [2.05, 4.69) is 10.1 Å². The number of ether oxygens (including phenoxy) is 1. The maximum atomic E-state index is 13.6. The van der Waals surface area contributed by atoms with Crippen LogP contribution in [0.5, 0.6) is 5.75 Å². The summed E-state index contributed by atoms with van der Waals surface area (Å²) in [6.07, 6.45) is -1.90. The van der Waals surface area contributed by atoms with Crippen molar-refractivity contribution in [3.63, 3.8) is 0 Å². The van der Waals surface area contributed by atoms with Gasteiger partial charge in [0.2, 0.25) is 0 Å². The minimum atomic E-state index is -4.17. The maximum absolute atomic E-state index is 13.6. The summed E-state index contributed by atoms with van der Waals surface area (Å²) in [4.78, 5) is 37.8. The molecule has 0 unspecified atom stereocenters. The summed E-state index contributed by atoms with van der Waals surface area (Å²) in [6, 6.07) is 8.23. The smallest absolute Gasteiger partial charge is 0.459 e. The summed E-state index contributed by atoms with van der Waals surface area (Å²) in [6.45, 7) is 4.43. The highest BCUT2D eigenvalue weighted by Crippen LogP contribution is 2.48. The molecule has 192 valence electrons. The van der Waals surface area contributed by atoms with Crippen LogP contribution in [-0.4, -0.2) is 61.9 Å². The Morgan fingerprint density at radius 2 is 1.86 bits per heavy atom. The summed E-state index contributed by atoms with van der Waals surface area (Å²) < 4.78 is 30.9. The average Bonchev–Trinajstić information content (AvgIpc) is 3.06. The third kappa shape index (κ3) is 7.06. The first kappa shape index (κ1) is 27.2. The van der Waals surface area contributed by atoms with E-state index in [1.807, 2.05) is 0 Å². The van der Waals surface area contributed by atoms with Crippen molar-refractivity contribution in [1.82, 2.24) is 14.6 Å². The molecule has 0 aliphatic carbocycles. The van der Waals surface area contributed by atoms with Crippen LogP contribution in [0.15, 0.2) is 52.2 Å². The van der Waals surface area contributed by atoms with Crippen LogP contribution in [0.25, 0.3) is 0 Å². The van der Waals surface area contributed by atoms with E-state index >= 15 is 0 Å². The Morgan fingerprint density at radius 1 is 1.17 bits per heavy atom. The van der Waals surface area contributed by atoms with Gasteiger partial charge in [-0.05, 0) is 32.9 Å². The number of esters is 1. The van der Waals surface area contributed by atoms with Crippen LogP contribution in [0.2, 0.25) is 0 Å². The number of aromatic amines is 1. The van der Waals surface area contributed by atoms with Crippen molar-refractivity contribution in [1.29, 1.82) is 0 Å². The molecule has 14 heteroatoms. The Labute approximate surface area is 205 Å². The van der Waals surface area contributed by atoms with Gasteiger partial charge in [-0.25, -0.2) is 9.36 Å². The molecule has 1 saturated heterocycles. The van der Waals surface area contributed by atoms with Crippen molar-refractivity contribution in [3.8, 4) is 5.75 Å². The van der Waals surface area contributed by atoms with Gasteiger partial charge in [-0.1, -0.05) is 18.2 Å². The quantitative estimate of drug-likeness (QED) is 0.256. The van der Waals surface area contributed by atoms with Gasteiger partial charge in [0.15, 0.2) is 0 Å². The van der Waals surface area contributed by atoms with Crippen LogP contribution in [0, 0.1) is 0 Å². The second-order valence-electron chi connectivity index (χ2n) is 8.10. The third-order valence-electron chi connectivity index (χ3n) is 4.90. The van der Waals surface area contributed by atoms with Gasteiger partial charge in [0.1, 0.15) is 23.3 Å². The molecule has 0 bridgehead atoms. The highest BCUT2D eigenvalue weighted by Gasteiger charge is 2.45. The van der Waals surface area contributed by atoms with Crippen LogP contribution >= 0.6 is 19.5 Å². The lowest BCUT2D eigenvalue weighted by Gasteiger charge is -2.25. The monoisotopic (exact) mass is 529 g/mol. The van der Waals surface area contributed by atoms with Gasteiger partial charge >= 0.3 is 19.4 Å². The van der Waals surface area contributed by atoms with Crippen molar-refractivity contribution in [3.05, 3.63) is 63.4 Å². The Morgan fingerprint density at radius 3 is 2.49 bits per heavy atom. The number of nitrogens with one attached hydrogen (secondary N) is 2. The number of carbonyl (C=O) groups is 1. The number of aliphatic hydroxyl groups is 2. The third-order valence-corrected chi connectivity index (χ3v) is 8.09. The lowest BCUT2D eigenvalue weighted by atomic mass is 10.1. The number of nitrogens with zero attached hydrogens (tertiary/aromatic N) is 1. The van der Waals surface area contributed by atoms with E-state index in [-0.39, 0.29) is 18.5 Å². The summed E-state index contributed by atoms with van der Waals surface area (Å²) in [5, 5.41) is 21.8. The van der Waals surface area contributed by atoms with E-state index < -0.39 is 53.8 Å². The SMILES string of the molecule is CC(C)OC(=O)[C@@H](C)N[P@@](=O)(OC[C@H]1S[C@@H](n2ccc(=O)[nH]c2=O)[C@H](O)[C@@H]1O)Oc1ccccc1. The summed E-state index contributed by atoms with van der Waals surface area (Å²) >= 11 is 1.00. The molecule has 0 spiro atoms. The number of benzene rings is 1. The lowest BCUT2D eigenvalue weighted by Crippen LogP contribution is -2.38. The lowest BCUT2D eigenvalue weighted by molar-refractivity contribution is -0.149. The highest BCUT2D eigenvalue weighted by molar-refractivity contribution is 8.00. The Balaban J connectivity index is 1.75. The van der Waals surface area contributed by atoms with Crippen molar-refractivity contribution >= 4 is 25.5 Å². The van der Waals surface area contributed by atoms with Crippen molar-refractivity contribution in [2.24, 2.45) is 0 Å². The van der Waals surface area contributed by atoms with Gasteiger partial charge in [0.25, 0.3) is 5.56 Å². The Bertz CT molecular complexity index is 1170. The van der Waals surface area contributed by atoms with Crippen LogP contribution in [0.1, 0.15) is 26.1 Å². The molecule has 2 aromatic rings. The second-order valence-corrected chi connectivity index (χ2v) is 11.2. The zero-order chi connectivity index (χ0) is 25.8. The normalized spacial score (nSPS) is 24.6. The zero-order valence-corrected chi connectivity index (χ0v) is 21.0. The first-order chi connectivity index (χ1) is 16.5. The molecule has 0 saturated carbocycles. The Hall–Kier alpha value is -2.41. The molecule has 1 aromatic heterocycles. The predicted octanol–water partition coefficient (Wildman–Crippen LogP) is 1.01. The van der Waals surface area contributed by atoms with E-state index in [0.717, 1.165) is 22.4 Å². The van der Waals surface area contributed by atoms with E-state index in [4.69, 9.17) is 13.8 Å². The molecular formula is C21H28N3O9PS. The van der Waals surface area contributed by atoms with Gasteiger partial charge in [-0.3, -0.25) is 23.7 Å². The molecule has 35 heavy (non-hydrogen) atoms. The largest absolute Gasteiger partial charge is 0.462 e. The van der Waals surface area contributed by atoms with Crippen LogP contribution in [-0.2, 0) is 18.6 Å². The molecule has 0 amide bonds. The molecule has 3 rings (SSSR count). The number of hydrogen-bond donors (Lipinski definition) is 4. The van der Waals surface area contributed by atoms with Crippen molar-refractivity contribution < 1.29 is 33.4 Å². The van der Waals surface area contributed by atoms with Gasteiger partial charge in [-0.15, -0.1) is 11.8 Å². The molecule has 1 aromatic carbocycles. The average molecular weight is 530 g/mol. The number of hydrogen-bond acceptors (Lipinski definition) is 10. The van der Waals surface area contributed by atoms with Crippen molar-refractivity contribution in [2.75, 3.05) is 6.61 Å². The standard InChI is InChI=1S/C21H28N3O9PS/c1-12(2)32-20(28)13(3)23-34(30,33-14-7-5-4-6-8-14)31-11-15-17(26)18(27)19(35-15)24-10-9-16(25)22-21(24)29/h4-10,12-13,15,17-19,26-27H,11H2,1-3H3,(H,23,30)(H,22,25,29)/t13-,15-,17-,18-,19-,34-/m1/s1. The first-order valence-corrected chi connectivity index (χ1v) is 13.3. The minimum Gasteiger partial charge on any atom is -0.462 e. The van der Waals surface area contributed by atoms with E-state index in [0.29, 0.717) is 0 Å². The first-order valence-electron chi connectivity index (χ1n) is 10.8. The van der Waals surface area contributed by atoms with Gasteiger partial charge in [0, 0.05) is 12.3 Å². The fourth-order valence-corrected chi connectivity index (χ4v) is 6.29. The van der Waals surface area contributed by atoms with Crippen molar-refractivity contribution in [2.45, 2.75) is 55.7 Å². The van der Waals surface area contributed by atoms with E-state index in [1.54, 1.807) is 44.2 Å². The summed E-state index contributed by atoms with van der Waals surface area (Å²) in [7, 11) is -4.17. The molecule has 6 atom stereocenters. The number of aliphatic hydroxyl groups excluding tert-OH is 2. The molecular weight excluding hydrogens is 501 g/mol. The number of thioether (sulfide) groups is 1. The number of carbonyl (C=O) groups excluding carboxylic acids is 1. The van der Waals surface area contributed by atoms with Crippen LogP contribution < -0.4 is 20.9 Å². The number of para-hydroxylation sites is 1. The van der Waals surface area contributed by atoms with Gasteiger partial charge in [-0.2, -0.15) is 5.09 Å². The molecule has 12 nitrogen and oxygen atoms in total. The fourth-order valence-electron chi connectivity index (χ4n) is 3.23. The second kappa shape index (κ2) is 11.5. The predicted molar refractivity (Wildman–Crippen MR) is 128 cm³/mol. The van der Waals surface area contributed by atoms with Gasteiger partial charge in [0.05, 0.1) is 24.1 Å². The molecule has 4 N–H and O–H groups in total. The van der Waals surface area contributed by atoms with Gasteiger partial charge < -0.3 is 19.5 Å². The maximum Gasteiger partial charge on any atom is 0.459 e. The number of H-pyrrole nitrogens is 1. The molecule has 1 aliphatic heterocycles. The highest BCUT2D eigenvalue weighted by atomic mass is 32.2. The zero-order valence-electron chi connectivity index (χ0n) is 19.3. The Kier molecular flexibility index (Phi) is 8.97. The van der Waals surface area contributed by atoms with Crippen LogP contribution in [0.3, 0.4) is 0 Å². The summed E-state index contributed by atoms with van der Waals surface area (Å²) in [5.41, 5.74) is -1.35. The minimum absolute atomic E-state index is 0.213. The number of rotatable bonds is 10. The fraction of sp³-hybridized carbons (Fsp3) is 0.476. The van der Waals surface area contributed by atoms with E-state index in [1.165, 1.54) is 13.1 Å². The van der Waals surface area contributed by atoms with Crippen LogP contribution in [0.4, 0.5) is 0 Å². The number of aromatic nitrogens is 2. The molecule has 1 aliphatic rings. The summed E-state index contributed by atoms with van der Waals surface area (Å²) in [5.74, 6) is -0.450. The molecule has 2 heterocycles. The molecule has 0 radical (unpaired) electrons. The van der Waals surface area contributed by atoms with E-state index in [9.17, 15) is 29.2 Å².